The summed E-state index contributed by atoms with van der Waals surface area (Å²) in [4.78, 5) is 11.3. The molecule has 0 fully saturated rings. The molecule has 0 amide bonds. The molecule has 1 unspecified atom stereocenters. The minimum absolute atomic E-state index is 0.429. The lowest BCUT2D eigenvalue weighted by molar-refractivity contribution is -0.152. The number of aliphatic carboxylic acids is 1. The minimum atomic E-state index is -4.39. The maximum absolute atomic E-state index is 12.7. The Bertz CT molecular complexity index is 1110. The number of alkyl halides is 3. The van der Waals surface area contributed by atoms with Crippen LogP contribution in [0.2, 0.25) is 0 Å². The van der Waals surface area contributed by atoms with E-state index in [1.165, 1.54) is 37.3 Å². The van der Waals surface area contributed by atoms with Crippen molar-refractivity contribution < 1.29 is 32.5 Å². The number of hydrogen-bond donors (Lipinski definition) is 1. The van der Waals surface area contributed by atoms with Crippen molar-refractivity contribution in [2.24, 2.45) is 0 Å². The molecule has 1 aromatic heterocycles. The highest BCUT2D eigenvalue weighted by Gasteiger charge is 2.31. The molecular weight excluding hydrogens is 445 g/mol. The third-order valence-corrected chi connectivity index (χ3v) is 5.72. The van der Waals surface area contributed by atoms with E-state index < -0.39 is 29.4 Å². The lowest BCUT2D eigenvalue weighted by atomic mass is 10.1. The Kier molecular flexibility index (Phi) is 6.45. The highest BCUT2D eigenvalue weighted by molar-refractivity contribution is 7.14. The van der Waals surface area contributed by atoms with Crippen molar-refractivity contribution in [1.29, 1.82) is 0 Å². The summed E-state index contributed by atoms with van der Waals surface area (Å²) in [5.74, 6) is -0.120. The number of benzene rings is 2. The minimum Gasteiger partial charge on any atom is -0.483 e. The topological polar surface area (TPSA) is 81.5 Å². The molecule has 0 saturated carbocycles. The Balaban J connectivity index is 1.70. The van der Waals surface area contributed by atoms with Crippen molar-refractivity contribution >= 4 is 17.3 Å². The molecule has 10 heteroatoms. The van der Waals surface area contributed by atoms with Gasteiger partial charge in [0.15, 0.2) is 10.6 Å². The van der Waals surface area contributed by atoms with E-state index in [9.17, 15) is 23.1 Å². The maximum Gasteiger partial charge on any atom is 0.416 e. The van der Waals surface area contributed by atoms with Gasteiger partial charge in [0.25, 0.3) is 0 Å². The first-order valence-corrected chi connectivity index (χ1v) is 10.4. The van der Waals surface area contributed by atoms with Crippen LogP contribution in [-0.2, 0) is 11.0 Å². The van der Waals surface area contributed by atoms with Gasteiger partial charge in [0.1, 0.15) is 22.6 Å². The molecule has 0 aliphatic rings. The van der Waals surface area contributed by atoms with Crippen LogP contribution in [0, 0.1) is 6.92 Å². The van der Waals surface area contributed by atoms with Crippen molar-refractivity contribution in [1.82, 2.24) is 10.2 Å². The molecule has 1 heterocycles. The van der Waals surface area contributed by atoms with E-state index in [2.05, 4.69) is 10.2 Å². The number of rotatable bonds is 7. The van der Waals surface area contributed by atoms with E-state index >= 15 is 0 Å². The van der Waals surface area contributed by atoms with Crippen LogP contribution < -0.4 is 9.47 Å². The average molecular weight is 466 g/mol. The lowest BCUT2D eigenvalue weighted by Gasteiger charge is -2.23. The molecule has 0 bridgehead atoms. The fourth-order valence-electron chi connectivity index (χ4n) is 2.70. The van der Waals surface area contributed by atoms with Crippen molar-refractivity contribution in [3.63, 3.8) is 0 Å². The van der Waals surface area contributed by atoms with Crippen LogP contribution in [-0.4, -0.2) is 26.9 Å². The summed E-state index contributed by atoms with van der Waals surface area (Å²) in [5, 5.41) is 18.4. The smallest absolute Gasteiger partial charge is 0.416 e. The number of carboxylic acid groups (broad SMARTS) is 1. The molecule has 0 saturated heterocycles. The highest BCUT2D eigenvalue weighted by atomic mass is 32.1. The number of hydrogen-bond acceptors (Lipinski definition) is 6. The zero-order valence-corrected chi connectivity index (χ0v) is 18.5. The first-order chi connectivity index (χ1) is 14.9. The molecule has 0 aliphatic heterocycles. The van der Waals surface area contributed by atoms with Crippen LogP contribution >= 0.6 is 11.3 Å². The van der Waals surface area contributed by atoms with Gasteiger partial charge < -0.3 is 14.6 Å². The predicted molar refractivity (Wildman–Crippen MR) is 113 cm³/mol. The van der Waals surface area contributed by atoms with Crippen molar-refractivity contribution in [2.75, 3.05) is 0 Å². The zero-order valence-electron chi connectivity index (χ0n) is 17.7. The quantitative estimate of drug-likeness (QED) is 0.466. The Morgan fingerprint density at radius 3 is 2.31 bits per heavy atom. The molecule has 6 nitrogen and oxygen atoms in total. The normalized spacial score (nSPS) is 13.0. The predicted octanol–water partition coefficient (Wildman–Crippen LogP) is 5.91. The fraction of sp³-hybridized carbons (Fsp3) is 0.318. The molecule has 170 valence electrons. The molecule has 3 rings (SSSR count). The summed E-state index contributed by atoms with van der Waals surface area (Å²) >= 11 is 1.23. The van der Waals surface area contributed by atoms with Gasteiger partial charge in [0, 0.05) is 5.56 Å². The molecule has 0 spiro atoms. The molecular formula is C22H21F3N2O4S. The molecule has 3 aromatic rings. The standard InChI is InChI=1S/C22H21F3N2O4S/c1-12-11-16(9-10-17(12)31-21(3,4)20(28)29)30-13(2)18-26-27-19(32-18)14-5-7-15(8-6-14)22(23,24)25/h5-11,13H,1-4H3,(H,28,29). The van der Waals surface area contributed by atoms with Crippen LogP contribution in [0.1, 0.15) is 43.0 Å². The lowest BCUT2D eigenvalue weighted by Crippen LogP contribution is -2.38. The summed E-state index contributed by atoms with van der Waals surface area (Å²) in [7, 11) is 0. The SMILES string of the molecule is Cc1cc(OC(C)c2nnc(-c3ccc(C(F)(F)F)cc3)s2)ccc1OC(C)(C)C(=O)O. The van der Waals surface area contributed by atoms with Gasteiger partial charge in [-0.05, 0) is 63.6 Å². The first-order valence-electron chi connectivity index (χ1n) is 9.57. The first kappa shape index (κ1) is 23.5. The Hall–Kier alpha value is -3.14. The second-order valence-electron chi connectivity index (χ2n) is 7.63. The summed E-state index contributed by atoms with van der Waals surface area (Å²) in [6.45, 7) is 6.48. The van der Waals surface area contributed by atoms with Crippen LogP contribution in [0.4, 0.5) is 13.2 Å². The van der Waals surface area contributed by atoms with Crippen LogP contribution in [0.25, 0.3) is 10.6 Å². The van der Waals surface area contributed by atoms with E-state index in [-0.39, 0.29) is 0 Å². The molecule has 2 aromatic carbocycles. The number of nitrogens with zero attached hydrogens (tertiary/aromatic N) is 2. The maximum atomic E-state index is 12.7. The summed E-state index contributed by atoms with van der Waals surface area (Å²) in [6, 6.07) is 9.76. The van der Waals surface area contributed by atoms with Gasteiger partial charge in [-0.2, -0.15) is 13.2 Å². The van der Waals surface area contributed by atoms with Crippen molar-refractivity contribution in [2.45, 2.75) is 45.6 Å². The zero-order chi connectivity index (χ0) is 23.7. The molecule has 1 N–H and O–H groups in total. The van der Waals surface area contributed by atoms with E-state index in [0.717, 1.165) is 12.1 Å². The van der Waals surface area contributed by atoms with Gasteiger partial charge in [-0.25, -0.2) is 4.79 Å². The summed E-state index contributed by atoms with van der Waals surface area (Å²) in [6.07, 6.45) is -4.85. The van der Waals surface area contributed by atoms with Crippen LogP contribution in [0.15, 0.2) is 42.5 Å². The third kappa shape index (κ3) is 5.37. The molecule has 32 heavy (non-hydrogen) atoms. The van der Waals surface area contributed by atoms with E-state index in [1.54, 1.807) is 32.0 Å². The van der Waals surface area contributed by atoms with Crippen LogP contribution in [0.3, 0.4) is 0 Å². The van der Waals surface area contributed by atoms with Gasteiger partial charge in [-0.1, -0.05) is 23.5 Å². The van der Waals surface area contributed by atoms with Crippen molar-refractivity contribution in [3.8, 4) is 22.1 Å². The number of aryl methyl sites for hydroxylation is 1. The van der Waals surface area contributed by atoms with Gasteiger partial charge in [0.05, 0.1) is 5.56 Å². The largest absolute Gasteiger partial charge is 0.483 e. The molecule has 0 aliphatic carbocycles. The third-order valence-electron chi connectivity index (χ3n) is 4.59. The molecule has 1 atom stereocenters. The molecule has 0 radical (unpaired) electrons. The van der Waals surface area contributed by atoms with E-state index in [1.807, 2.05) is 0 Å². The highest BCUT2D eigenvalue weighted by Crippen LogP contribution is 2.34. The van der Waals surface area contributed by atoms with Gasteiger partial charge in [-0.3, -0.25) is 0 Å². The van der Waals surface area contributed by atoms with Crippen molar-refractivity contribution in [3.05, 3.63) is 58.6 Å². The Morgan fingerprint density at radius 2 is 1.75 bits per heavy atom. The number of aromatic nitrogens is 2. The summed E-state index contributed by atoms with van der Waals surface area (Å²) < 4.78 is 49.7. The second-order valence-corrected chi connectivity index (χ2v) is 8.63. The Labute approximate surface area is 186 Å². The monoisotopic (exact) mass is 466 g/mol. The van der Waals surface area contributed by atoms with Gasteiger partial charge >= 0.3 is 12.1 Å². The number of ether oxygens (including phenoxy) is 2. The number of carboxylic acids is 1. The summed E-state index contributed by atoms with van der Waals surface area (Å²) in [5.41, 5.74) is -0.863. The van der Waals surface area contributed by atoms with Gasteiger partial charge in [0.2, 0.25) is 0 Å². The Morgan fingerprint density at radius 1 is 1.09 bits per heavy atom. The van der Waals surface area contributed by atoms with Crippen LogP contribution in [0.5, 0.6) is 11.5 Å². The van der Waals surface area contributed by atoms with E-state index in [4.69, 9.17) is 9.47 Å². The van der Waals surface area contributed by atoms with E-state index in [0.29, 0.717) is 32.6 Å². The second kappa shape index (κ2) is 8.78. The number of carbonyl (C=O) groups is 1. The average Bonchev–Trinajstić information content (AvgIpc) is 3.20. The van der Waals surface area contributed by atoms with Gasteiger partial charge in [-0.15, -0.1) is 10.2 Å². The number of halogens is 3. The fourth-order valence-corrected chi connectivity index (χ4v) is 3.53.